The molecule has 2 N–H and O–H groups in total. The molecule has 1 aromatic carbocycles. The fourth-order valence-electron chi connectivity index (χ4n) is 1.49. The van der Waals surface area contributed by atoms with Crippen LogP contribution in [0.4, 0.5) is 4.79 Å². The molecule has 5 nitrogen and oxygen atoms in total. The zero-order valence-electron chi connectivity index (χ0n) is 9.21. The largest absolute Gasteiger partial charge is 0.392 e. The highest BCUT2D eigenvalue weighted by atomic mass is 16.3. The van der Waals surface area contributed by atoms with E-state index < -0.39 is 0 Å². The van der Waals surface area contributed by atoms with Crippen LogP contribution in [-0.4, -0.2) is 20.7 Å². The molecule has 5 heteroatoms. The molecule has 1 aromatic heterocycles. The van der Waals surface area contributed by atoms with E-state index in [4.69, 9.17) is 5.11 Å². The summed E-state index contributed by atoms with van der Waals surface area (Å²) in [5.41, 5.74) is 1.78. The highest BCUT2D eigenvalue weighted by Crippen LogP contribution is 2.04. The summed E-state index contributed by atoms with van der Waals surface area (Å²) >= 11 is 0. The minimum atomic E-state index is -0.225. The van der Waals surface area contributed by atoms with E-state index >= 15 is 0 Å². The van der Waals surface area contributed by atoms with Crippen molar-refractivity contribution >= 4 is 6.03 Å². The van der Waals surface area contributed by atoms with Gasteiger partial charge in [0, 0.05) is 18.9 Å². The molecule has 1 heterocycles. The first kappa shape index (κ1) is 11.3. The smallest absolute Gasteiger partial charge is 0.327 e. The zero-order valence-corrected chi connectivity index (χ0v) is 9.21. The van der Waals surface area contributed by atoms with Gasteiger partial charge in [0.25, 0.3) is 0 Å². The Balaban J connectivity index is 1.95. The normalized spacial score (nSPS) is 10.2. The maximum atomic E-state index is 11.6. The Bertz CT molecular complexity index is 494. The van der Waals surface area contributed by atoms with Crippen molar-refractivity contribution in [3.05, 3.63) is 54.1 Å². The number of imidazole rings is 1. The topological polar surface area (TPSA) is 67.2 Å². The number of carbonyl (C=O) groups excluding carboxylic acids is 1. The molecule has 0 aliphatic rings. The van der Waals surface area contributed by atoms with Crippen molar-refractivity contribution in [2.24, 2.45) is 0 Å². The first-order chi connectivity index (χ1) is 8.29. The Kier molecular flexibility index (Phi) is 3.52. The van der Waals surface area contributed by atoms with Crippen LogP contribution in [0.5, 0.6) is 0 Å². The van der Waals surface area contributed by atoms with E-state index in [1.165, 1.54) is 10.9 Å². The Labute approximate surface area is 98.7 Å². The van der Waals surface area contributed by atoms with Gasteiger partial charge in [-0.2, -0.15) is 0 Å². The first-order valence-corrected chi connectivity index (χ1v) is 5.24. The van der Waals surface area contributed by atoms with Gasteiger partial charge in [-0.05, 0) is 11.1 Å². The van der Waals surface area contributed by atoms with Crippen molar-refractivity contribution in [2.75, 3.05) is 0 Å². The number of amides is 1. The van der Waals surface area contributed by atoms with Crippen LogP contribution in [0.25, 0.3) is 0 Å². The van der Waals surface area contributed by atoms with E-state index in [1.54, 1.807) is 12.4 Å². The SMILES string of the molecule is O=C(NCc1cccc(CO)c1)n1ccnc1. The minimum absolute atomic E-state index is 0.00328. The molecule has 0 aliphatic carbocycles. The number of aliphatic hydroxyl groups is 1. The Morgan fingerprint density at radius 1 is 1.41 bits per heavy atom. The lowest BCUT2D eigenvalue weighted by Crippen LogP contribution is -2.27. The second-order valence-corrected chi connectivity index (χ2v) is 3.61. The van der Waals surface area contributed by atoms with Crippen LogP contribution in [0.1, 0.15) is 11.1 Å². The van der Waals surface area contributed by atoms with Gasteiger partial charge in [-0.3, -0.25) is 4.57 Å². The van der Waals surface area contributed by atoms with Crippen LogP contribution < -0.4 is 5.32 Å². The average molecular weight is 231 g/mol. The Hall–Kier alpha value is -2.14. The van der Waals surface area contributed by atoms with Crippen molar-refractivity contribution < 1.29 is 9.90 Å². The maximum absolute atomic E-state index is 11.6. The highest BCUT2D eigenvalue weighted by Gasteiger charge is 2.02. The molecule has 0 saturated carbocycles. The number of aromatic nitrogens is 2. The van der Waals surface area contributed by atoms with Crippen LogP contribution in [0.15, 0.2) is 43.0 Å². The molecule has 0 atom stereocenters. The monoisotopic (exact) mass is 231 g/mol. The second-order valence-electron chi connectivity index (χ2n) is 3.61. The Morgan fingerprint density at radius 3 is 2.94 bits per heavy atom. The molecule has 0 fully saturated rings. The third kappa shape index (κ3) is 2.92. The van der Waals surface area contributed by atoms with E-state index in [0.29, 0.717) is 6.54 Å². The van der Waals surface area contributed by atoms with Gasteiger partial charge in [0.05, 0.1) is 6.61 Å². The zero-order chi connectivity index (χ0) is 12.1. The highest BCUT2D eigenvalue weighted by molar-refractivity contribution is 5.76. The molecular formula is C12H13N3O2. The average Bonchev–Trinajstić information content (AvgIpc) is 2.90. The van der Waals surface area contributed by atoms with Crippen molar-refractivity contribution in [2.45, 2.75) is 13.2 Å². The first-order valence-electron chi connectivity index (χ1n) is 5.24. The van der Waals surface area contributed by atoms with Gasteiger partial charge in [0.2, 0.25) is 0 Å². The lowest BCUT2D eigenvalue weighted by molar-refractivity contribution is 0.242. The third-order valence-electron chi connectivity index (χ3n) is 2.36. The number of carbonyl (C=O) groups is 1. The van der Waals surface area contributed by atoms with Crippen LogP contribution in [0.2, 0.25) is 0 Å². The summed E-state index contributed by atoms with van der Waals surface area (Å²) in [5, 5.41) is 11.7. The molecule has 0 aliphatic heterocycles. The molecule has 0 saturated heterocycles. The summed E-state index contributed by atoms with van der Waals surface area (Å²) in [7, 11) is 0. The van der Waals surface area contributed by atoms with Crippen molar-refractivity contribution in [3.8, 4) is 0 Å². The lowest BCUT2D eigenvalue weighted by atomic mass is 10.1. The van der Waals surface area contributed by atoms with E-state index in [2.05, 4.69) is 10.3 Å². The summed E-state index contributed by atoms with van der Waals surface area (Å²) in [4.78, 5) is 15.4. The molecule has 0 spiro atoms. The van der Waals surface area contributed by atoms with Gasteiger partial charge in [-0.25, -0.2) is 9.78 Å². The predicted octanol–water partition coefficient (Wildman–Crippen LogP) is 1.13. The quantitative estimate of drug-likeness (QED) is 0.832. The predicted molar refractivity (Wildman–Crippen MR) is 62.2 cm³/mol. The fourth-order valence-corrected chi connectivity index (χ4v) is 1.49. The minimum Gasteiger partial charge on any atom is -0.392 e. The van der Waals surface area contributed by atoms with Gasteiger partial charge in [0.15, 0.2) is 0 Å². The van der Waals surface area contributed by atoms with Crippen molar-refractivity contribution in [1.82, 2.24) is 14.9 Å². The number of benzene rings is 1. The van der Waals surface area contributed by atoms with Crippen LogP contribution in [-0.2, 0) is 13.2 Å². The molecule has 2 aromatic rings. The molecule has 2 rings (SSSR count). The molecule has 17 heavy (non-hydrogen) atoms. The summed E-state index contributed by atoms with van der Waals surface area (Å²) in [6.45, 7) is 0.425. The van der Waals surface area contributed by atoms with E-state index in [0.717, 1.165) is 11.1 Å². The van der Waals surface area contributed by atoms with Gasteiger partial charge in [-0.1, -0.05) is 24.3 Å². The molecular weight excluding hydrogens is 218 g/mol. The standard InChI is InChI=1S/C12H13N3O2/c16-8-11-3-1-2-10(6-11)7-14-12(17)15-5-4-13-9-15/h1-6,9,16H,7-8H2,(H,14,17). The van der Waals surface area contributed by atoms with Crippen LogP contribution >= 0.6 is 0 Å². The van der Waals surface area contributed by atoms with Crippen LogP contribution in [0.3, 0.4) is 0 Å². The fraction of sp³-hybridized carbons (Fsp3) is 0.167. The second kappa shape index (κ2) is 5.27. The molecule has 88 valence electrons. The van der Waals surface area contributed by atoms with Gasteiger partial charge >= 0.3 is 6.03 Å². The lowest BCUT2D eigenvalue weighted by Gasteiger charge is -2.06. The molecule has 0 bridgehead atoms. The number of rotatable bonds is 3. The summed E-state index contributed by atoms with van der Waals surface area (Å²) in [6, 6.07) is 7.21. The number of nitrogens with zero attached hydrogens (tertiary/aromatic N) is 2. The van der Waals surface area contributed by atoms with Crippen molar-refractivity contribution in [3.63, 3.8) is 0 Å². The molecule has 0 radical (unpaired) electrons. The van der Waals surface area contributed by atoms with E-state index in [1.807, 2.05) is 24.3 Å². The van der Waals surface area contributed by atoms with E-state index in [-0.39, 0.29) is 12.6 Å². The van der Waals surface area contributed by atoms with Gasteiger partial charge < -0.3 is 10.4 Å². The Morgan fingerprint density at radius 2 is 2.24 bits per heavy atom. The molecule has 0 unspecified atom stereocenters. The van der Waals surface area contributed by atoms with Gasteiger partial charge in [-0.15, -0.1) is 0 Å². The number of aliphatic hydroxyl groups excluding tert-OH is 1. The van der Waals surface area contributed by atoms with Crippen LogP contribution in [0, 0.1) is 0 Å². The number of hydrogen-bond acceptors (Lipinski definition) is 3. The summed E-state index contributed by atoms with van der Waals surface area (Å²) < 4.78 is 1.37. The molecule has 1 amide bonds. The third-order valence-corrected chi connectivity index (χ3v) is 2.36. The van der Waals surface area contributed by atoms with Gasteiger partial charge in [0.1, 0.15) is 6.33 Å². The summed E-state index contributed by atoms with van der Waals surface area (Å²) in [5.74, 6) is 0. The van der Waals surface area contributed by atoms with E-state index in [9.17, 15) is 4.79 Å². The number of hydrogen-bond donors (Lipinski definition) is 2. The number of nitrogens with one attached hydrogen (secondary N) is 1. The maximum Gasteiger partial charge on any atom is 0.327 e. The summed E-state index contributed by atoms with van der Waals surface area (Å²) in [6.07, 6.45) is 4.57. The van der Waals surface area contributed by atoms with Crippen molar-refractivity contribution in [1.29, 1.82) is 0 Å².